The van der Waals surface area contributed by atoms with Crippen molar-refractivity contribution in [1.82, 2.24) is 10.6 Å². The maximum atomic E-state index is 10.7. The lowest BCUT2D eigenvalue weighted by Gasteiger charge is -2.13. The standard InChI is InChI=1S/C12H20N2O2/c1-8-7-12(10(3)16-8)9(2)13-5-6-14-11(4)15/h7,9,13H,5-6H2,1-4H3,(H,14,15). The fourth-order valence-electron chi connectivity index (χ4n) is 1.72. The Morgan fingerprint density at radius 1 is 1.44 bits per heavy atom. The summed E-state index contributed by atoms with van der Waals surface area (Å²) in [6.45, 7) is 8.92. The molecular weight excluding hydrogens is 204 g/mol. The summed E-state index contributed by atoms with van der Waals surface area (Å²) in [5.41, 5.74) is 1.18. The van der Waals surface area contributed by atoms with Gasteiger partial charge in [-0.25, -0.2) is 0 Å². The Balaban J connectivity index is 2.38. The highest BCUT2D eigenvalue weighted by atomic mass is 16.3. The lowest BCUT2D eigenvalue weighted by atomic mass is 10.1. The Morgan fingerprint density at radius 3 is 2.62 bits per heavy atom. The first kappa shape index (κ1) is 12.8. The first-order chi connectivity index (χ1) is 7.50. The Labute approximate surface area is 96.4 Å². The molecule has 1 aromatic rings. The summed E-state index contributed by atoms with van der Waals surface area (Å²) in [6, 6.07) is 2.29. The Morgan fingerprint density at radius 2 is 2.12 bits per heavy atom. The number of amides is 1. The van der Waals surface area contributed by atoms with Gasteiger partial charge in [-0.15, -0.1) is 0 Å². The van der Waals surface area contributed by atoms with Crippen LogP contribution in [0.4, 0.5) is 0 Å². The maximum absolute atomic E-state index is 10.7. The second kappa shape index (κ2) is 5.70. The molecule has 1 atom stereocenters. The molecule has 1 rings (SSSR count). The number of furan rings is 1. The number of nitrogens with one attached hydrogen (secondary N) is 2. The predicted octanol–water partition coefficient (Wildman–Crippen LogP) is 1.68. The third-order valence-corrected chi connectivity index (χ3v) is 2.50. The number of hydrogen-bond donors (Lipinski definition) is 2. The lowest BCUT2D eigenvalue weighted by molar-refractivity contribution is -0.118. The Kier molecular flexibility index (Phi) is 4.55. The highest BCUT2D eigenvalue weighted by Gasteiger charge is 2.11. The number of carbonyl (C=O) groups is 1. The molecule has 0 aliphatic rings. The van der Waals surface area contributed by atoms with Crippen LogP contribution in [0.5, 0.6) is 0 Å². The maximum Gasteiger partial charge on any atom is 0.216 e. The number of rotatable bonds is 5. The van der Waals surface area contributed by atoms with E-state index in [4.69, 9.17) is 4.42 Å². The van der Waals surface area contributed by atoms with Crippen LogP contribution in [0.2, 0.25) is 0 Å². The minimum Gasteiger partial charge on any atom is -0.466 e. The van der Waals surface area contributed by atoms with Crippen molar-refractivity contribution in [2.45, 2.75) is 33.7 Å². The average Bonchev–Trinajstić information content (AvgIpc) is 2.52. The van der Waals surface area contributed by atoms with Crippen LogP contribution in [0.1, 0.15) is 37.0 Å². The molecule has 0 fully saturated rings. The molecule has 0 radical (unpaired) electrons. The molecule has 1 aromatic heterocycles. The third-order valence-electron chi connectivity index (χ3n) is 2.50. The van der Waals surface area contributed by atoms with E-state index in [0.29, 0.717) is 6.54 Å². The van der Waals surface area contributed by atoms with E-state index in [-0.39, 0.29) is 11.9 Å². The van der Waals surface area contributed by atoms with Gasteiger partial charge >= 0.3 is 0 Å². The molecule has 1 heterocycles. The number of aryl methyl sites for hydroxylation is 2. The molecule has 0 spiro atoms. The van der Waals surface area contributed by atoms with Crippen molar-refractivity contribution in [2.24, 2.45) is 0 Å². The van der Waals surface area contributed by atoms with Gasteiger partial charge in [0.1, 0.15) is 11.5 Å². The van der Waals surface area contributed by atoms with Crippen molar-refractivity contribution in [3.63, 3.8) is 0 Å². The number of carbonyl (C=O) groups excluding carboxylic acids is 1. The molecule has 90 valence electrons. The predicted molar refractivity (Wildman–Crippen MR) is 63.3 cm³/mol. The SMILES string of the molecule is CC(=O)NCCNC(C)c1cc(C)oc1C. The second-order valence-electron chi connectivity index (χ2n) is 4.03. The molecule has 0 saturated carbocycles. The topological polar surface area (TPSA) is 54.3 Å². The monoisotopic (exact) mass is 224 g/mol. The smallest absolute Gasteiger partial charge is 0.216 e. The fraction of sp³-hybridized carbons (Fsp3) is 0.583. The van der Waals surface area contributed by atoms with E-state index in [1.165, 1.54) is 12.5 Å². The largest absolute Gasteiger partial charge is 0.466 e. The Hall–Kier alpha value is -1.29. The van der Waals surface area contributed by atoms with Gasteiger partial charge in [0.25, 0.3) is 0 Å². The van der Waals surface area contributed by atoms with E-state index >= 15 is 0 Å². The average molecular weight is 224 g/mol. The van der Waals surface area contributed by atoms with Crippen LogP contribution in [0.3, 0.4) is 0 Å². The molecular formula is C12H20N2O2. The van der Waals surface area contributed by atoms with Crippen LogP contribution < -0.4 is 10.6 Å². The van der Waals surface area contributed by atoms with Crippen LogP contribution >= 0.6 is 0 Å². The van der Waals surface area contributed by atoms with E-state index in [1.807, 2.05) is 19.9 Å². The van der Waals surface area contributed by atoms with Crippen LogP contribution in [0.25, 0.3) is 0 Å². The molecule has 4 nitrogen and oxygen atoms in total. The summed E-state index contributed by atoms with van der Waals surface area (Å²) in [5.74, 6) is 1.89. The summed E-state index contributed by atoms with van der Waals surface area (Å²) in [6.07, 6.45) is 0. The van der Waals surface area contributed by atoms with Gasteiger partial charge < -0.3 is 15.1 Å². The zero-order valence-corrected chi connectivity index (χ0v) is 10.4. The van der Waals surface area contributed by atoms with Gasteiger partial charge in [0, 0.05) is 31.6 Å². The van der Waals surface area contributed by atoms with E-state index in [0.717, 1.165) is 18.1 Å². The van der Waals surface area contributed by atoms with Gasteiger partial charge in [0.05, 0.1) is 0 Å². The van der Waals surface area contributed by atoms with E-state index < -0.39 is 0 Å². The first-order valence-electron chi connectivity index (χ1n) is 5.55. The zero-order valence-electron chi connectivity index (χ0n) is 10.4. The van der Waals surface area contributed by atoms with E-state index in [2.05, 4.69) is 17.6 Å². The van der Waals surface area contributed by atoms with Crippen molar-refractivity contribution < 1.29 is 9.21 Å². The third kappa shape index (κ3) is 3.70. The summed E-state index contributed by atoms with van der Waals surface area (Å²) in [7, 11) is 0. The van der Waals surface area contributed by atoms with E-state index in [9.17, 15) is 4.79 Å². The molecule has 2 N–H and O–H groups in total. The van der Waals surface area contributed by atoms with Gasteiger partial charge in [-0.1, -0.05) is 0 Å². The number of hydrogen-bond acceptors (Lipinski definition) is 3. The van der Waals surface area contributed by atoms with E-state index in [1.54, 1.807) is 0 Å². The molecule has 0 aliphatic carbocycles. The van der Waals surface area contributed by atoms with Gasteiger partial charge in [0.2, 0.25) is 5.91 Å². The van der Waals surface area contributed by atoms with Crippen molar-refractivity contribution >= 4 is 5.91 Å². The van der Waals surface area contributed by atoms with Crippen molar-refractivity contribution in [1.29, 1.82) is 0 Å². The summed E-state index contributed by atoms with van der Waals surface area (Å²) in [4.78, 5) is 10.7. The van der Waals surface area contributed by atoms with Crippen LogP contribution in [0.15, 0.2) is 10.5 Å². The van der Waals surface area contributed by atoms with Crippen LogP contribution in [0, 0.1) is 13.8 Å². The molecule has 1 amide bonds. The summed E-state index contributed by atoms with van der Waals surface area (Å²) < 4.78 is 5.47. The van der Waals surface area contributed by atoms with Crippen molar-refractivity contribution in [3.05, 3.63) is 23.2 Å². The van der Waals surface area contributed by atoms with Crippen molar-refractivity contribution in [3.8, 4) is 0 Å². The Bertz CT molecular complexity index is 358. The fourth-order valence-corrected chi connectivity index (χ4v) is 1.72. The summed E-state index contributed by atoms with van der Waals surface area (Å²) in [5, 5.41) is 6.08. The van der Waals surface area contributed by atoms with Crippen LogP contribution in [-0.4, -0.2) is 19.0 Å². The lowest BCUT2D eigenvalue weighted by Crippen LogP contribution is -2.31. The normalized spacial score (nSPS) is 12.5. The molecule has 0 aliphatic heterocycles. The molecule has 16 heavy (non-hydrogen) atoms. The van der Waals surface area contributed by atoms with Gasteiger partial charge in [-0.3, -0.25) is 4.79 Å². The molecule has 0 bridgehead atoms. The highest BCUT2D eigenvalue weighted by molar-refractivity contribution is 5.72. The molecule has 0 aromatic carbocycles. The van der Waals surface area contributed by atoms with Crippen molar-refractivity contribution in [2.75, 3.05) is 13.1 Å². The van der Waals surface area contributed by atoms with Gasteiger partial charge in [0.15, 0.2) is 0 Å². The second-order valence-corrected chi connectivity index (χ2v) is 4.03. The zero-order chi connectivity index (χ0) is 12.1. The van der Waals surface area contributed by atoms with Crippen LogP contribution in [-0.2, 0) is 4.79 Å². The summed E-state index contributed by atoms with van der Waals surface area (Å²) >= 11 is 0. The van der Waals surface area contributed by atoms with Gasteiger partial charge in [-0.2, -0.15) is 0 Å². The first-order valence-corrected chi connectivity index (χ1v) is 5.55. The quantitative estimate of drug-likeness (QED) is 0.748. The van der Waals surface area contributed by atoms with Gasteiger partial charge in [-0.05, 0) is 26.8 Å². The molecule has 0 saturated heterocycles. The highest BCUT2D eigenvalue weighted by Crippen LogP contribution is 2.20. The molecule has 1 unspecified atom stereocenters. The minimum atomic E-state index is 0.00443. The minimum absolute atomic E-state index is 0.00443. The molecule has 4 heteroatoms.